The Hall–Kier alpha value is -0.620. The molecule has 0 atom stereocenters. The van der Waals surface area contributed by atoms with Crippen LogP contribution in [0.25, 0.3) is 0 Å². The summed E-state index contributed by atoms with van der Waals surface area (Å²) in [7, 11) is -3.29. The quantitative estimate of drug-likeness (QED) is 0.666. The highest BCUT2D eigenvalue weighted by Crippen LogP contribution is 2.00. The molecule has 0 saturated carbocycles. The molecule has 5 nitrogen and oxygen atoms in total. The van der Waals surface area contributed by atoms with Crippen molar-refractivity contribution in [3.8, 4) is 0 Å². The van der Waals surface area contributed by atoms with Gasteiger partial charge in [-0.25, -0.2) is 8.42 Å². The van der Waals surface area contributed by atoms with Crippen LogP contribution in [0.2, 0.25) is 0 Å². The zero-order valence-corrected chi connectivity index (χ0v) is 9.54. The SMILES string of the molecule is CC(C)N(CCO)C(=O)CS(C)(=O)=O. The Kier molecular flexibility index (Phi) is 5.07. The van der Waals surface area contributed by atoms with Gasteiger partial charge in [0.2, 0.25) is 5.91 Å². The lowest BCUT2D eigenvalue weighted by Crippen LogP contribution is -2.42. The van der Waals surface area contributed by atoms with Gasteiger partial charge in [-0.15, -0.1) is 0 Å². The van der Waals surface area contributed by atoms with Gasteiger partial charge in [-0.1, -0.05) is 0 Å². The van der Waals surface area contributed by atoms with E-state index in [1.54, 1.807) is 13.8 Å². The number of amides is 1. The van der Waals surface area contributed by atoms with E-state index in [1.807, 2.05) is 0 Å². The maximum absolute atomic E-state index is 11.4. The predicted octanol–water partition coefficient (Wildman–Crippen LogP) is -0.740. The lowest BCUT2D eigenvalue weighted by molar-refractivity contribution is -0.130. The minimum Gasteiger partial charge on any atom is -0.395 e. The van der Waals surface area contributed by atoms with Crippen LogP contribution in [0.1, 0.15) is 13.8 Å². The van der Waals surface area contributed by atoms with Crippen molar-refractivity contribution in [1.82, 2.24) is 4.90 Å². The molecule has 0 aromatic heterocycles. The van der Waals surface area contributed by atoms with Gasteiger partial charge < -0.3 is 10.0 Å². The molecule has 1 amide bonds. The number of hydrogen-bond donors (Lipinski definition) is 1. The molecule has 84 valence electrons. The van der Waals surface area contributed by atoms with Gasteiger partial charge in [-0.05, 0) is 13.8 Å². The molecule has 0 aliphatic carbocycles. The van der Waals surface area contributed by atoms with Gasteiger partial charge in [-0.2, -0.15) is 0 Å². The molecule has 0 radical (unpaired) electrons. The molecule has 0 spiro atoms. The van der Waals surface area contributed by atoms with Gasteiger partial charge in [0.05, 0.1) is 6.61 Å². The number of hydrogen-bond acceptors (Lipinski definition) is 4. The molecular weight excluding hydrogens is 206 g/mol. The number of carbonyl (C=O) groups excluding carboxylic acids is 1. The van der Waals surface area contributed by atoms with Crippen LogP contribution in [0.5, 0.6) is 0 Å². The zero-order valence-electron chi connectivity index (χ0n) is 8.73. The summed E-state index contributed by atoms with van der Waals surface area (Å²) in [5, 5.41) is 8.69. The maximum atomic E-state index is 11.4. The second-order valence-electron chi connectivity index (χ2n) is 3.47. The van der Waals surface area contributed by atoms with E-state index >= 15 is 0 Å². The third kappa shape index (κ3) is 5.18. The van der Waals surface area contributed by atoms with Crippen LogP contribution in [0.3, 0.4) is 0 Å². The van der Waals surface area contributed by atoms with Crippen molar-refractivity contribution in [2.75, 3.05) is 25.2 Å². The van der Waals surface area contributed by atoms with Crippen molar-refractivity contribution >= 4 is 15.7 Å². The second kappa shape index (κ2) is 5.31. The topological polar surface area (TPSA) is 74.7 Å². The van der Waals surface area contributed by atoms with E-state index in [0.29, 0.717) is 0 Å². The summed E-state index contributed by atoms with van der Waals surface area (Å²) in [5.41, 5.74) is 0. The van der Waals surface area contributed by atoms with Crippen LogP contribution in [-0.2, 0) is 14.6 Å². The van der Waals surface area contributed by atoms with Gasteiger partial charge >= 0.3 is 0 Å². The Morgan fingerprint density at radius 1 is 1.43 bits per heavy atom. The van der Waals surface area contributed by atoms with E-state index in [0.717, 1.165) is 6.26 Å². The lowest BCUT2D eigenvalue weighted by atomic mass is 10.3. The number of aliphatic hydroxyl groups is 1. The third-order valence-corrected chi connectivity index (χ3v) is 2.44. The summed E-state index contributed by atoms with van der Waals surface area (Å²) in [5.74, 6) is -0.956. The average molecular weight is 223 g/mol. The Labute approximate surface area is 84.6 Å². The maximum Gasteiger partial charge on any atom is 0.238 e. The first kappa shape index (κ1) is 13.4. The Bertz CT molecular complexity index is 284. The van der Waals surface area contributed by atoms with E-state index < -0.39 is 21.5 Å². The Balaban J connectivity index is 4.45. The molecule has 0 saturated heterocycles. The summed E-state index contributed by atoms with van der Waals surface area (Å²) in [4.78, 5) is 12.8. The molecule has 6 heteroatoms. The molecule has 0 bridgehead atoms. The van der Waals surface area contributed by atoms with E-state index in [9.17, 15) is 13.2 Å². The number of sulfone groups is 1. The number of nitrogens with zero attached hydrogens (tertiary/aromatic N) is 1. The fourth-order valence-electron chi connectivity index (χ4n) is 1.09. The van der Waals surface area contributed by atoms with Gasteiger partial charge in [0.25, 0.3) is 0 Å². The summed E-state index contributed by atoms with van der Waals surface area (Å²) in [6, 6.07) is -0.101. The van der Waals surface area contributed by atoms with E-state index in [2.05, 4.69) is 0 Å². The van der Waals surface area contributed by atoms with Gasteiger partial charge in [-0.3, -0.25) is 4.79 Å². The normalized spacial score (nSPS) is 11.8. The summed E-state index contributed by atoms with van der Waals surface area (Å²) in [6.45, 7) is 3.56. The first-order valence-electron chi connectivity index (χ1n) is 4.36. The lowest BCUT2D eigenvalue weighted by Gasteiger charge is -2.25. The highest BCUT2D eigenvalue weighted by molar-refractivity contribution is 7.91. The van der Waals surface area contributed by atoms with Crippen molar-refractivity contribution in [2.45, 2.75) is 19.9 Å². The van der Waals surface area contributed by atoms with Crippen LogP contribution >= 0.6 is 0 Å². The van der Waals surface area contributed by atoms with Crippen LogP contribution in [-0.4, -0.2) is 55.5 Å². The predicted molar refractivity (Wildman–Crippen MR) is 53.6 cm³/mol. The van der Waals surface area contributed by atoms with Crippen LogP contribution in [0.15, 0.2) is 0 Å². The highest BCUT2D eigenvalue weighted by atomic mass is 32.2. The average Bonchev–Trinajstić information content (AvgIpc) is 1.95. The highest BCUT2D eigenvalue weighted by Gasteiger charge is 2.20. The van der Waals surface area contributed by atoms with Gasteiger partial charge in [0.1, 0.15) is 5.75 Å². The minimum atomic E-state index is -3.29. The number of rotatable bonds is 5. The Morgan fingerprint density at radius 2 is 1.93 bits per heavy atom. The van der Waals surface area contributed by atoms with Gasteiger partial charge in [0.15, 0.2) is 9.84 Å². The molecule has 0 fully saturated rings. The van der Waals surface area contributed by atoms with Crippen LogP contribution in [0, 0.1) is 0 Å². The Morgan fingerprint density at radius 3 is 2.21 bits per heavy atom. The number of carbonyl (C=O) groups is 1. The molecule has 1 N–H and O–H groups in total. The summed E-state index contributed by atoms with van der Waals surface area (Å²) in [6.07, 6.45) is 1.02. The molecule has 0 unspecified atom stereocenters. The molecule has 0 rings (SSSR count). The first-order chi connectivity index (χ1) is 6.28. The smallest absolute Gasteiger partial charge is 0.238 e. The van der Waals surface area contributed by atoms with E-state index in [-0.39, 0.29) is 19.2 Å². The van der Waals surface area contributed by atoms with Gasteiger partial charge in [0, 0.05) is 18.8 Å². The molecular formula is C8H17NO4S. The van der Waals surface area contributed by atoms with Crippen molar-refractivity contribution in [3.05, 3.63) is 0 Å². The summed E-state index contributed by atoms with van der Waals surface area (Å²) < 4.78 is 21.7. The van der Waals surface area contributed by atoms with E-state index in [4.69, 9.17) is 5.11 Å². The molecule has 0 aliphatic heterocycles. The minimum absolute atomic E-state index is 0.101. The van der Waals surface area contributed by atoms with Crippen molar-refractivity contribution in [2.24, 2.45) is 0 Å². The van der Waals surface area contributed by atoms with Crippen molar-refractivity contribution < 1.29 is 18.3 Å². The fourth-order valence-corrected chi connectivity index (χ4v) is 1.70. The molecule has 0 aromatic rings. The van der Waals surface area contributed by atoms with E-state index in [1.165, 1.54) is 4.90 Å². The largest absolute Gasteiger partial charge is 0.395 e. The van der Waals surface area contributed by atoms with Crippen molar-refractivity contribution in [3.63, 3.8) is 0 Å². The monoisotopic (exact) mass is 223 g/mol. The zero-order chi connectivity index (χ0) is 11.4. The number of aliphatic hydroxyl groups excluding tert-OH is 1. The first-order valence-corrected chi connectivity index (χ1v) is 6.42. The molecule has 0 aliphatic rings. The van der Waals surface area contributed by atoms with Crippen molar-refractivity contribution in [1.29, 1.82) is 0 Å². The third-order valence-electron chi connectivity index (χ3n) is 1.67. The molecule has 0 aromatic carbocycles. The second-order valence-corrected chi connectivity index (χ2v) is 5.61. The molecule has 14 heavy (non-hydrogen) atoms. The standard InChI is InChI=1S/C8H17NO4S/c1-7(2)9(4-5-10)8(11)6-14(3,12)13/h7,10H,4-6H2,1-3H3. The van der Waals surface area contributed by atoms with Crippen LogP contribution < -0.4 is 0 Å². The fraction of sp³-hybridized carbons (Fsp3) is 0.875. The summed E-state index contributed by atoms with van der Waals surface area (Å²) >= 11 is 0. The van der Waals surface area contributed by atoms with Crippen LogP contribution in [0.4, 0.5) is 0 Å². The molecule has 0 heterocycles.